The largest absolute Gasteiger partial charge is 0.497 e. The monoisotopic (exact) mass is 403 g/mol. The Hall–Kier alpha value is -3.05. The average Bonchev–Trinajstić information content (AvgIpc) is 3.35. The molecular formula is C25H28N2O3. The second kappa shape index (κ2) is 9.63. The van der Waals surface area contributed by atoms with Gasteiger partial charge in [0, 0.05) is 31.4 Å². The van der Waals surface area contributed by atoms with Crippen molar-refractivity contribution in [1.82, 2.24) is 4.90 Å². The number of carbonyl (C=O) groups excluding carboxylic acids is 1. The van der Waals surface area contributed by atoms with Gasteiger partial charge >= 0.3 is 0 Å². The van der Waals surface area contributed by atoms with Gasteiger partial charge in [0.15, 0.2) is 5.76 Å². The topological polar surface area (TPSA) is 45.9 Å². The Bertz CT molecular complexity index is 932. The number of carbonyl (C=O) groups is 1. The number of hydrogen-bond donors (Lipinski definition) is 0. The lowest BCUT2D eigenvalue weighted by Gasteiger charge is -2.38. The molecule has 0 aliphatic carbocycles. The van der Waals surface area contributed by atoms with E-state index in [0.717, 1.165) is 50.3 Å². The van der Waals surface area contributed by atoms with Crippen LogP contribution in [0.15, 0.2) is 77.4 Å². The van der Waals surface area contributed by atoms with Crippen LogP contribution in [-0.4, -0.2) is 43.6 Å². The molecule has 0 spiro atoms. The molecule has 5 heteroatoms. The first-order valence-corrected chi connectivity index (χ1v) is 10.5. The lowest BCUT2D eigenvalue weighted by atomic mass is 10.0. The number of anilines is 1. The lowest BCUT2D eigenvalue weighted by Crippen LogP contribution is -2.48. The molecule has 156 valence electrons. The summed E-state index contributed by atoms with van der Waals surface area (Å²) >= 11 is 0. The fourth-order valence-electron chi connectivity index (χ4n) is 4.12. The Morgan fingerprint density at radius 1 is 1.07 bits per heavy atom. The molecular weight excluding hydrogens is 375 g/mol. The van der Waals surface area contributed by atoms with Crippen molar-refractivity contribution in [2.24, 2.45) is 0 Å². The van der Waals surface area contributed by atoms with E-state index in [2.05, 4.69) is 17.0 Å². The van der Waals surface area contributed by atoms with Crippen LogP contribution in [0.1, 0.15) is 29.0 Å². The zero-order valence-electron chi connectivity index (χ0n) is 17.4. The number of methoxy groups -OCH3 is 1. The van der Waals surface area contributed by atoms with Crippen molar-refractivity contribution in [3.05, 3.63) is 84.3 Å². The fraction of sp³-hybridized carbons (Fsp3) is 0.320. The number of benzene rings is 2. The zero-order chi connectivity index (χ0) is 20.8. The maximum atomic E-state index is 13.2. The van der Waals surface area contributed by atoms with Gasteiger partial charge in [-0.1, -0.05) is 30.3 Å². The van der Waals surface area contributed by atoms with Crippen LogP contribution < -0.4 is 9.64 Å². The number of furan rings is 1. The number of likely N-dealkylation sites (tertiary alicyclic amines) is 1. The average molecular weight is 404 g/mol. The van der Waals surface area contributed by atoms with Crippen LogP contribution in [0.25, 0.3) is 0 Å². The Morgan fingerprint density at radius 2 is 1.87 bits per heavy atom. The minimum absolute atomic E-state index is 0.0685. The Labute approximate surface area is 177 Å². The van der Waals surface area contributed by atoms with Crippen molar-refractivity contribution in [2.75, 3.05) is 31.6 Å². The van der Waals surface area contributed by atoms with Crippen LogP contribution in [-0.2, 0) is 6.42 Å². The molecule has 2 aromatic carbocycles. The maximum Gasteiger partial charge on any atom is 0.294 e. The van der Waals surface area contributed by atoms with Gasteiger partial charge in [-0.05, 0) is 61.2 Å². The highest BCUT2D eigenvalue weighted by atomic mass is 16.4. The summed E-state index contributed by atoms with van der Waals surface area (Å²) in [7, 11) is 1.70. The molecule has 1 aliphatic heterocycles. The van der Waals surface area contributed by atoms with Gasteiger partial charge < -0.3 is 19.0 Å². The third-order valence-electron chi connectivity index (χ3n) is 5.76. The highest BCUT2D eigenvalue weighted by Crippen LogP contribution is 2.26. The third kappa shape index (κ3) is 4.74. The van der Waals surface area contributed by atoms with Gasteiger partial charge in [0.1, 0.15) is 5.75 Å². The highest BCUT2D eigenvalue weighted by Gasteiger charge is 2.30. The standard InChI is InChI=1S/C25H28N2O3/c1-29-23-10-5-7-20(19-23)12-15-26-16-13-22(14-17-26)27(21-8-3-2-4-9-21)25(28)24-11-6-18-30-24/h2-11,18-19,22H,12-17H2,1H3/i1-1. The summed E-state index contributed by atoms with van der Waals surface area (Å²) in [4.78, 5) is 17.6. The molecule has 3 aromatic rings. The Kier molecular flexibility index (Phi) is 6.50. The number of piperidine rings is 1. The predicted octanol–water partition coefficient (Wildman–Crippen LogP) is 4.64. The molecule has 5 nitrogen and oxygen atoms in total. The van der Waals surface area contributed by atoms with E-state index in [9.17, 15) is 4.79 Å². The summed E-state index contributed by atoms with van der Waals surface area (Å²) in [6.45, 7) is 2.96. The Balaban J connectivity index is 1.39. The summed E-state index contributed by atoms with van der Waals surface area (Å²) in [6.07, 6.45) is 4.44. The molecule has 30 heavy (non-hydrogen) atoms. The first-order chi connectivity index (χ1) is 14.7. The molecule has 4 rings (SSSR count). The van der Waals surface area contributed by atoms with Crippen LogP contribution in [0.4, 0.5) is 5.69 Å². The van der Waals surface area contributed by atoms with Gasteiger partial charge in [-0.2, -0.15) is 0 Å². The van der Waals surface area contributed by atoms with Crippen molar-refractivity contribution >= 4 is 11.6 Å². The second-order valence-electron chi connectivity index (χ2n) is 7.66. The van der Waals surface area contributed by atoms with E-state index in [4.69, 9.17) is 9.15 Å². The number of para-hydroxylation sites is 1. The minimum atomic E-state index is -0.0685. The molecule has 1 saturated heterocycles. The van der Waals surface area contributed by atoms with Gasteiger partial charge in [-0.3, -0.25) is 4.79 Å². The van der Waals surface area contributed by atoms with Crippen LogP contribution in [0, 0.1) is 0 Å². The molecule has 0 saturated carbocycles. The number of rotatable bonds is 7. The van der Waals surface area contributed by atoms with Crippen LogP contribution >= 0.6 is 0 Å². The first kappa shape index (κ1) is 20.2. The molecule has 0 N–H and O–H groups in total. The van der Waals surface area contributed by atoms with E-state index in [1.54, 1.807) is 25.5 Å². The Morgan fingerprint density at radius 3 is 2.57 bits per heavy atom. The molecule has 0 radical (unpaired) electrons. The van der Waals surface area contributed by atoms with Crippen LogP contribution in [0.2, 0.25) is 0 Å². The van der Waals surface area contributed by atoms with Gasteiger partial charge in [0.05, 0.1) is 13.4 Å². The summed E-state index contributed by atoms with van der Waals surface area (Å²) in [5.41, 5.74) is 2.21. The molecule has 2 heterocycles. The number of hydrogen-bond acceptors (Lipinski definition) is 4. The van der Waals surface area contributed by atoms with Crippen LogP contribution in [0.3, 0.4) is 0 Å². The highest BCUT2D eigenvalue weighted by molar-refractivity contribution is 6.04. The van der Waals surface area contributed by atoms with E-state index >= 15 is 0 Å². The van der Waals surface area contributed by atoms with Crippen molar-refractivity contribution in [3.8, 4) is 5.75 Å². The van der Waals surface area contributed by atoms with E-state index < -0.39 is 0 Å². The molecule has 1 amide bonds. The van der Waals surface area contributed by atoms with Gasteiger partial charge in [-0.25, -0.2) is 0 Å². The molecule has 1 fully saturated rings. The third-order valence-corrected chi connectivity index (χ3v) is 5.76. The van der Waals surface area contributed by atoms with Gasteiger partial charge in [0.25, 0.3) is 5.91 Å². The molecule has 0 atom stereocenters. The molecule has 1 aromatic heterocycles. The predicted molar refractivity (Wildman–Crippen MR) is 118 cm³/mol. The zero-order valence-corrected chi connectivity index (χ0v) is 17.4. The van der Waals surface area contributed by atoms with E-state index in [1.165, 1.54) is 5.56 Å². The fourth-order valence-corrected chi connectivity index (χ4v) is 4.12. The van der Waals surface area contributed by atoms with Gasteiger partial charge in [0.2, 0.25) is 0 Å². The van der Waals surface area contributed by atoms with E-state index in [1.807, 2.05) is 47.4 Å². The molecule has 0 bridgehead atoms. The number of ether oxygens (including phenoxy) is 1. The van der Waals surface area contributed by atoms with Crippen molar-refractivity contribution < 1.29 is 13.9 Å². The quantitative estimate of drug-likeness (QED) is 0.576. The molecule has 1 aliphatic rings. The SMILES string of the molecule is [11CH3]Oc1cccc(CCN2CCC(N(C(=O)c3ccco3)c3ccccc3)CC2)c1. The summed E-state index contributed by atoms with van der Waals surface area (Å²) in [6, 6.07) is 21.8. The smallest absolute Gasteiger partial charge is 0.294 e. The molecule has 0 unspecified atom stereocenters. The maximum absolute atomic E-state index is 13.2. The van der Waals surface area contributed by atoms with E-state index in [-0.39, 0.29) is 11.9 Å². The number of nitrogens with zero attached hydrogens (tertiary/aromatic N) is 2. The minimum Gasteiger partial charge on any atom is -0.497 e. The second-order valence-corrected chi connectivity index (χ2v) is 7.66. The number of amides is 1. The van der Waals surface area contributed by atoms with Gasteiger partial charge in [-0.15, -0.1) is 0 Å². The van der Waals surface area contributed by atoms with Crippen molar-refractivity contribution in [3.63, 3.8) is 0 Å². The van der Waals surface area contributed by atoms with Crippen molar-refractivity contribution in [2.45, 2.75) is 25.3 Å². The lowest BCUT2D eigenvalue weighted by molar-refractivity contribution is 0.0933. The van der Waals surface area contributed by atoms with Crippen LogP contribution in [0.5, 0.6) is 5.75 Å². The summed E-state index contributed by atoms with van der Waals surface area (Å²) < 4.78 is 10.7. The normalized spacial score (nSPS) is 15.1. The van der Waals surface area contributed by atoms with E-state index in [0.29, 0.717) is 5.76 Å². The first-order valence-electron chi connectivity index (χ1n) is 10.5. The summed E-state index contributed by atoms with van der Waals surface area (Å²) in [5, 5.41) is 0. The summed E-state index contributed by atoms with van der Waals surface area (Å²) in [5.74, 6) is 1.22. The van der Waals surface area contributed by atoms with Crippen molar-refractivity contribution in [1.29, 1.82) is 0 Å².